The Labute approximate surface area is 133 Å². The van der Waals surface area contributed by atoms with E-state index in [1.54, 1.807) is 29.3 Å². The average Bonchev–Trinajstić information content (AvgIpc) is 3.14. The number of carbonyl (C=O) groups is 1. The Kier molecular flexibility index (Phi) is 3.37. The molecule has 22 heavy (non-hydrogen) atoms. The van der Waals surface area contributed by atoms with Gasteiger partial charge in [-0.25, -0.2) is 0 Å². The van der Waals surface area contributed by atoms with E-state index in [-0.39, 0.29) is 18.0 Å². The molecule has 0 aliphatic carbocycles. The highest BCUT2D eigenvalue weighted by molar-refractivity contribution is 6.30. The maximum absolute atomic E-state index is 12.8. The van der Waals surface area contributed by atoms with Gasteiger partial charge in [-0.1, -0.05) is 11.6 Å². The van der Waals surface area contributed by atoms with E-state index in [0.717, 1.165) is 31.2 Å². The largest absolute Gasteiger partial charge is 0.333 e. The van der Waals surface area contributed by atoms with Gasteiger partial charge in [-0.05, 0) is 49.9 Å². The van der Waals surface area contributed by atoms with Crippen molar-refractivity contribution in [3.05, 3.63) is 47.2 Å². The van der Waals surface area contributed by atoms with Gasteiger partial charge in [0.05, 0.1) is 18.4 Å². The van der Waals surface area contributed by atoms with Crippen LogP contribution in [-0.2, 0) is 0 Å². The number of rotatable bonds is 2. The van der Waals surface area contributed by atoms with E-state index in [1.807, 2.05) is 12.1 Å². The molecule has 2 atom stereocenters. The second-order valence-electron chi connectivity index (χ2n) is 6.08. The first-order chi connectivity index (χ1) is 10.7. The number of hydrogen-bond donors (Lipinski definition) is 0. The first-order valence-electron chi connectivity index (χ1n) is 7.66. The summed E-state index contributed by atoms with van der Waals surface area (Å²) in [5.74, 6) is 0.121. The lowest BCUT2D eigenvalue weighted by Gasteiger charge is -2.38. The molecule has 3 heterocycles. The number of benzene rings is 1. The molecule has 2 saturated heterocycles. The van der Waals surface area contributed by atoms with Gasteiger partial charge in [-0.15, -0.1) is 0 Å². The SMILES string of the molecule is O=C(c1ccc(Cl)cc1)N1C2CCC1CC(n1nccn1)C2. The molecular weight excluding hydrogens is 300 g/mol. The third-order valence-corrected chi connectivity index (χ3v) is 5.05. The second-order valence-corrected chi connectivity index (χ2v) is 6.52. The van der Waals surface area contributed by atoms with Crippen molar-refractivity contribution < 1.29 is 4.79 Å². The van der Waals surface area contributed by atoms with Crippen LogP contribution in [0.25, 0.3) is 0 Å². The van der Waals surface area contributed by atoms with E-state index in [4.69, 9.17) is 11.6 Å². The van der Waals surface area contributed by atoms with E-state index < -0.39 is 0 Å². The highest BCUT2D eigenvalue weighted by Gasteiger charge is 2.44. The molecular formula is C16H17ClN4O. The number of carbonyl (C=O) groups excluding carboxylic acids is 1. The van der Waals surface area contributed by atoms with Crippen LogP contribution in [0.2, 0.25) is 5.02 Å². The Morgan fingerprint density at radius 3 is 2.18 bits per heavy atom. The Morgan fingerprint density at radius 1 is 1.00 bits per heavy atom. The maximum atomic E-state index is 12.8. The monoisotopic (exact) mass is 316 g/mol. The Balaban J connectivity index is 1.55. The Morgan fingerprint density at radius 2 is 1.59 bits per heavy atom. The van der Waals surface area contributed by atoms with E-state index in [1.165, 1.54) is 0 Å². The van der Waals surface area contributed by atoms with Gasteiger partial charge in [0.2, 0.25) is 0 Å². The van der Waals surface area contributed by atoms with Gasteiger partial charge in [-0.3, -0.25) is 4.79 Å². The summed E-state index contributed by atoms with van der Waals surface area (Å²) in [7, 11) is 0. The van der Waals surface area contributed by atoms with Crippen LogP contribution in [0.3, 0.4) is 0 Å². The topological polar surface area (TPSA) is 51.0 Å². The molecule has 2 aliphatic heterocycles. The van der Waals surface area contributed by atoms with Crippen molar-refractivity contribution in [2.45, 2.75) is 43.8 Å². The number of hydrogen-bond acceptors (Lipinski definition) is 3. The van der Waals surface area contributed by atoms with Crippen molar-refractivity contribution in [1.29, 1.82) is 0 Å². The predicted octanol–water partition coefficient (Wildman–Crippen LogP) is 2.94. The van der Waals surface area contributed by atoms with Gasteiger partial charge in [0, 0.05) is 22.7 Å². The maximum Gasteiger partial charge on any atom is 0.254 e. The van der Waals surface area contributed by atoms with Crippen LogP contribution in [0, 0.1) is 0 Å². The van der Waals surface area contributed by atoms with E-state index >= 15 is 0 Å². The number of aromatic nitrogens is 3. The molecule has 6 heteroatoms. The molecule has 4 rings (SSSR count). The van der Waals surface area contributed by atoms with E-state index in [2.05, 4.69) is 15.1 Å². The summed E-state index contributed by atoms with van der Waals surface area (Å²) < 4.78 is 0. The minimum absolute atomic E-state index is 0.121. The number of fused-ring (bicyclic) bond motifs is 2. The summed E-state index contributed by atoms with van der Waals surface area (Å²) in [6, 6.07) is 8.06. The van der Waals surface area contributed by atoms with Crippen LogP contribution in [-0.4, -0.2) is 37.9 Å². The third kappa shape index (κ3) is 2.29. The zero-order valence-corrected chi connectivity index (χ0v) is 12.9. The van der Waals surface area contributed by atoms with Crippen LogP contribution in [0.1, 0.15) is 42.1 Å². The van der Waals surface area contributed by atoms with Crippen LogP contribution in [0.5, 0.6) is 0 Å². The normalized spacial score (nSPS) is 27.1. The number of piperidine rings is 1. The molecule has 0 radical (unpaired) electrons. The molecule has 1 aromatic heterocycles. The van der Waals surface area contributed by atoms with Gasteiger partial charge in [-0.2, -0.15) is 15.0 Å². The summed E-state index contributed by atoms with van der Waals surface area (Å²) in [5, 5.41) is 9.18. The number of nitrogens with zero attached hydrogens (tertiary/aromatic N) is 4. The number of halogens is 1. The van der Waals surface area contributed by atoms with Crippen LogP contribution in [0.4, 0.5) is 0 Å². The molecule has 0 saturated carbocycles. The van der Waals surface area contributed by atoms with Crippen molar-refractivity contribution in [2.75, 3.05) is 0 Å². The minimum Gasteiger partial charge on any atom is -0.333 e. The average molecular weight is 317 g/mol. The van der Waals surface area contributed by atoms with E-state index in [9.17, 15) is 4.79 Å². The fraction of sp³-hybridized carbons (Fsp3) is 0.438. The summed E-state index contributed by atoms with van der Waals surface area (Å²) >= 11 is 5.91. The summed E-state index contributed by atoms with van der Waals surface area (Å²) in [6.07, 6.45) is 7.44. The standard InChI is InChI=1S/C16H17ClN4O/c17-12-3-1-11(2-4-12)16(22)20-13-5-6-14(20)10-15(9-13)21-18-7-8-19-21/h1-4,7-8,13-15H,5-6,9-10H2. The van der Waals surface area contributed by atoms with Crippen molar-refractivity contribution in [3.63, 3.8) is 0 Å². The molecule has 1 amide bonds. The molecule has 2 aromatic rings. The summed E-state index contributed by atoms with van der Waals surface area (Å²) in [6.45, 7) is 0. The quantitative estimate of drug-likeness (QED) is 0.856. The molecule has 5 nitrogen and oxygen atoms in total. The Bertz CT molecular complexity index is 656. The predicted molar refractivity (Wildman–Crippen MR) is 82.7 cm³/mol. The smallest absolute Gasteiger partial charge is 0.254 e. The fourth-order valence-corrected chi connectivity index (χ4v) is 3.95. The molecule has 0 spiro atoms. The molecule has 1 aromatic carbocycles. The fourth-order valence-electron chi connectivity index (χ4n) is 3.82. The van der Waals surface area contributed by atoms with Gasteiger partial charge in [0.1, 0.15) is 0 Å². The van der Waals surface area contributed by atoms with Gasteiger partial charge in [0.15, 0.2) is 0 Å². The molecule has 2 unspecified atom stereocenters. The summed E-state index contributed by atoms with van der Waals surface area (Å²) in [5.41, 5.74) is 0.719. The van der Waals surface area contributed by atoms with E-state index in [0.29, 0.717) is 11.1 Å². The highest BCUT2D eigenvalue weighted by Crippen LogP contribution is 2.41. The zero-order chi connectivity index (χ0) is 15.1. The zero-order valence-electron chi connectivity index (χ0n) is 12.1. The van der Waals surface area contributed by atoms with Gasteiger partial charge in [0.25, 0.3) is 5.91 Å². The van der Waals surface area contributed by atoms with Gasteiger partial charge < -0.3 is 4.90 Å². The first kappa shape index (κ1) is 13.8. The van der Waals surface area contributed by atoms with Crippen molar-refractivity contribution >= 4 is 17.5 Å². The number of amides is 1. The van der Waals surface area contributed by atoms with Crippen LogP contribution in [0.15, 0.2) is 36.7 Å². The second kappa shape index (κ2) is 5.39. The van der Waals surface area contributed by atoms with Crippen molar-refractivity contribution in [1.82, 2.24) is 19.9 Å². The minimum atomic E-state index is 0.121. The van der Waals surface area contributed by atoms with Gasteiger partial charge >= 0.3 is 0 Å². The third-order valence-electron chi connectivity index (χ3n) is 4.80. The van der Waals surface area contributed by atoms with Crippen LogP contribution < -0.4 is 0 Å². The van der Waals surface area contributed by atoms with Crippen molar-refractivity contribution in [2.24, 2.45) is 0 Å². The molecule has 0 N–H and O–H groups in total. The lowest BCUT2D eigenvalue weighted by molar-refractivity contribution is 0.0512. The Hall–Kier alpha value is -1.88. The van der Waals surface area contributed by atoms with Crippen molar-refractivity contribution in [3.8, 4) is 0 Å². The summed E-state index contributed by atoms with van der Waals surface area (Å²) in [4.78, 5) is 16.7. The van der Waals surface area contributed by atoms with Crippen LogP contribution >= 0.6 is 11.6 Å². The first-order valence-corrected chi connectivity index (χ1v) is 8.04. The molecule has 2 bridgehead atoms. The lowest BCUT2D eigenvalue weighted by Crippen LogP contribution is -2.47. The lowest BCUT2D eigenvalue weighted by atomic mass is 9.97. The molecule has 2 fully saturated rings. The molecule has 114 valence electrons. The molecule has 2 aliphatic rings. The highest BCUT2D eigenvalue weighted by atomic mass is 35.5.